The second-order valence-electron chi connectivity index (χ2n) is 14.3. The number of alkyl carbamates (subject to hydrolysis) is 1. The molecule has 2 heterocycles. The number of unbranched alkanes of at least 4 members (excludes halogenated alkanes) is 1. The normalized spacial score (nSPS) is 16.9. The average molecular weight is 762 g/mol. The van der Waals surface area contributed by atoms with Gasteiger partial charge in [-0.15, -0.1) is 0 Å². The van der Waals surface area contributed by atoms with Crippen LogP contribution < -0.4 is 16.4 Å². The van der Waals surface area contributed by atoms with E-state index in [1.165, 1.54) is 4.90 Å². The van der Waals surface area contributed by atoms with Gasteiger partial charge in [0, 0.05) is 13.0 Å². The maximum Gasteiger partial charge on any atom is 0.408 e. The van der Waals surface area contributed by atoms with E-state index in [9.17, 15) is 19.5 Å². The number of aryl methyl sites for hydroxylation is 2. The molecule has 1 aliphatic heterocycles. The van der Waals surface area contributed by atoms with E-state index in [1.54, 1.807) is 12.1 Å². The molecular formula is C44H51N5O7. The van der Waals surface area contributed by atoms with Crippen LogP contribution in [0.15, 0.2) is 114 Å². The number of oxazole rings is 1. The monoisotopic (exact) mass is 761 g/mol. The van der Waals surface area contributed by atoms with Gasteiger partial charge in [-0.2, -0.15) is 0 Å². The summed E-state index contributed by atoms with van der Waals surface area (Å²) in [5, 5.41) is 17.4. The Labute approximate surface area is 327 Å². The van der Waals surface area contributed by atoms with Crippen LogP contribution in [0.4, 0.5) is 4.79 Å². The molecule has 0 bridgehead atoms. The first-order chi connectivity index (χ1) is 27.3. The molecule has 0 unspecified atom stereocenters. The molecule has 1 aromatic heterocycles. The van der Waals surface area contributed by atoms with Crippen LogP contribution in [-0.4, -0.2) is 70.2 Å². The molecule has 12 nitrogen and oxygen atoms in total. The molecule has 1 fully saturated rings. The van der Waals surface area contributed by atoms with Crippen molar-refractivity contribution in [3.63, 3.8) is 0 Å². The summed E-state index contributed by atoms with van der Waals surface area (Å²) in [4.78, 5) is 48.2. The molecule has 5 atom stereocenters. The number of carbonyl (C=O) groups is 3. The third-order valence-corrected chi connectivity index (χ3v) is 10.1. The van der Waals surface area contributed by atoms with E-state index in [4.69, 9.17) is 19.6 Å². The summed E-state index contributed by atoms with van der Waals surface area (Å²) in [5.74, 6) is -0.804. The Morgan fingerprint density at radius 1 is 0.857 bits per heavy atom. The second kappa shape index (κ2) is 19.9. The minimum absolute atomic E-state index is 0.0316. The minimum atomic E-state index is -1.26. The van der Waals surface area contributed by atoms with Crippen molar-refractivity contribution in [3.05, 3.63) is 137 Å². The summed E-state index contributed by atoms with van der Waals surface area (Å²) >= 11 is 0. The molecule has 5 N–H and O–H groups in total. The van der Waals surface area contributed by atoms with Crippen LogP contribution >= 0.6 is 0 Å². The Bertz CT molecular complexity index is 1970. The number of nitrogens with one attached hydrogen (secondary N) is 2. The number of aliphatic hydroxyl groups excluding tert-OH is 1. The standard InChI is InChI=1S/C44H51N5O7/c1-30-19-21-33(22-20-30)28-54-34-26-38(41(51)46-36(17-10-11-25-45)40(50)42-47-35-16-8-9-18-39(35)56-42)49(27-34)43(52)37(24-23-31-12-4-2-5-13-31)48-44(53)55-29-32-14-6-3-7-15-32/h2-9,12-16,18-22,34,36-38,40,50H,10-11,17,23-29,45H2,1H3,(H,46,51)(H,48,53)/t34-,36+,37-,38+,40+/m1/s1. The highest BCUT2D eigenvalue weighted by molar-refractivity contribution is 5.92. The molecular weight excluding hydrogens is 711 g/mol. The number of carbonyl (C=O) groups excluding carboxylic acids is 3. The van der Waals surface area contributed by atoms with Crippen molar-refractivity contribution in [2.24, 2.45) is 5.73 Å². The number of rotatable bonds is 18. The van der Waals surface area contributed by atoms with E-state index in [0.29, 0.717) is 49.9 Å². The van der Waals surface area contributed by atoms with Crippen LogP contribution in [0.1, 0.15) is 66.4 Å². The lowest BCUT2D eigenvalue weighted by atomic mass is 10.0. The SMILES string of the molecule is Cc1ccc(CO[C@@H]2C[C@@H](C(=O)N[C@@H](CCCCN)[C@H](O)c3nc4ccccc4o3)N(C(=O)[C@@H](CCc3ccccc3)NC(=O)OCc3ccccc3)C2)cc1. The summed E-state index contributed by atoms with van der Waals surface area (Å²) in [6.07, 6.45) is 0.198. The number of fused-ring (bicyclic) bond motifs is 1. The third kappa shape index (κ3) is 11.0. The van der Waals surface area contributed by atoms with Gasteiger partial charge in [0.05, 0.1) is 18.8 Å². The number of amides is 3. The molecule has 0 spiro atoms. The van der Waals surface area contributed by atoms with Crippen molar-refractivity contribution in [2.45, 2.75) is 89.0 Å². The smallest absolute Gasteiger partial charge is 0.408 e. The molecule has 1 saturated heterocycles. The van der Waals surface area contributed by atoms with Crippen LogP contribution in [0, 0.1) is 6.92 Å². The van der Waals surface area contributed by atoms with E-state index in [2.05, 4.69) is 15.6 Å². The fraction of sp³-hybridized carbons (Fsp3) is 0.364. The molecule has 3 amide bonds. The van der Waals surface area contributed by atoms with Crippen LogP contribution in [0.25, 0.3) is 11.1 Å². The maximum absolute atomic E-state index is 14.6. The first-order valence-corrected chi connectivity index (χ1v) is 19.3. The lowest BCUT2D eigenvalue weighted by Gasteiger charge is -2.30. The van der Waals surface area contributed by atoms with Gasteiger partial charge in [-0.3, -0.25) is 9.59 Å². The van der Waals surface area contributed by atoms with E-state index < -0.39 is 48.2 Å². The molecule has 6 rings (SSSR count). The van der Waals surface area contributed by atoms with Crippen molar-refractivity contribution in [1.82, 2.24) is 20.5 Å². The number of ether oxygens (including phenoxy) is 2. The van der Waals surface area contributed by atoms with Gasteiger partial charge in [-0.1, -0.05) is 109 Å². The van der Waals surface area contributed by atoms with E-state index in [-0.39, 0.29) is 31.9 Å². The highest BCUT2D eigenvalue weighted by Gasteiger charge is 2.43. The second-order valence-corrected chi connectivity index (χ2v) is 14.3. The topological polar surface area (TPSA) is 169 Å². The molecule has 1 aliphatic rings. The highest BCUT2D eigenvalue weighted by Crippen LogP contribution is 2.28. The number of benzene rings is 4. The summed E-state index contributed by atoms with van der Waals surface area (Å²) < 4.78 is 17.7. The summed E-state index contributed by atoms with van der Waals surface area (Å²) in [5.41, 5.74) is 10.8. The quantitative estimate of drug-likeness (QED) is 0.0795. The summed E-state index contributed by atoms with van der Waals surface area (Å²) in [7, 11) is 0. The Kier molecular flexibility index (Phi) is 14.2. The van der Waals surface area contributed by atoms with Crippen molar-refractivity contribution >= 4 is 29.0 Å². The van der Waals surface area contributed by atoms with Crippen LogP contribution in [0.2, 0.25) is 0 Å². The fourth-order valence-corrected chi connectivity index (χ4v) is 6.91. The number of para-hydroxylation sites is 2. The van der Waals surface area contributed by atoms with Gasteiger partial charge in [0.2, 0.25) is 17.7 Å². The summed E-state index contributed by atoms with van der Waals surface area (Å²) in [6.45, 7) is 2.91. The van der Waals surface area contributed by atoms with Gasteiger partial charge < -0.3 is 40.3 Å². The van der Waals surface area contributed by atoms with Gasteiger partial charge >= 0.3 is 6.09 Å². The van der Waals surface area contributed by atoms with Crippen molar-refractivity contribution in [1.29, 1.82) is 0 Å². The highest BCUT2D eigenvalue weighted by atomic mass is 16.5. The molecule has 12 heteroatoms. The Balaban J connectivity index is 1.23. The molecule has 0 aliphatic carbocycles. The molecule has 56 heavy (non-hydrogen) atoms. The van der Waals surface area contributed by atoms with Crippen LogP contribution in [0.5, 0.6) is 0 Å². The zero-order valence-electron chi connectivity index (χ0n) is 31.7. The van der Waals surface area contributed by atoms with Crippen molar-refractivity contribution in [2.75, 3.05) is 13.1 Å². The first kappa shape index (κ1) is 40.1. The largest absolute Gasteiger partial charge is 0.445 e. The Hall–Kier alpha value is -5.56. The zero-order chi connectivity index (χ0) is 39.3. The predicted molar refractivity (Wildman–Crippen MR) is 212 cm³/mol. The van der Waals surface area contributed by atoms with Crippen molar-refractivity contribution in [3.8, 4) is 0 Å². The fourth-order valence-electron chi connectivity index (χ4n) is 6.91. The Morgan fingerprint density at radius 2 is 1.54 bits per heavy atom. The molecule has 294 valence electrons. The predicted octanol–water partition coefficient (Wildman–Crippen LogP) is 5.90. The molecule has 0 saturated carbocycles. The number of aliphatic hydroxyl groups is 1. The van der Waals surface area contributed by atoms with Crippen LogP contribution in [0.3, 0.4) is 0 Å². The van der Waals surface area contributed by atoms with E-state index in [0.717, 1.165) is 22.3 Å². The maximum atomic E-state index is 14.6. The van der Waals surface area contributed by atoms with Gasteiger partial charge in [0.25, 0.3) is 0 Å². The third-order valence-electron chi connectivity index (χ3n) is 10.1. The number of nitrogens with zero attached hydrogens (tertiary/aromatic N) is 2. The van der Waals surface area contributed by atoms with Gasteiger partial charge in [-0.25, -0.2) is 9.78 Å². The first-order valence-electron chi connectivity index (χ1n) is 19.3. The number of aromatic nitrogens is 1. The lowest BCUT2D eigenvalue weighted by Crippen LogP contribution is -2.55. The lowest BCUT2D eigenvalue weighted by molar-refractivity contribution is -0.140. The van der Waals surface area contributed by atoms with Crippen molar-refractivity contribution < 1.29 is 33.4 Å². The number of hydrogen-bond donors (Lipinski definition) is 4. The average Bonchev–Trinajstić information content (AvgIpc) is 3.87. The van der Waals surface area contributed by atoms with Crippen LogP contribution in [-0.2, 0) is 38.7 Å². The molecule has 5 aromatic rings. The van der Waals surface area contributed by atoms with Gasteiger partial charge in [0.15, 0.2) is 11.7 Å². The molecule has 4 aromatic carbocycles. The zero-order valence-corrected chi connectivity index (χ0v) is 31.7. The van der Waals surface area contributed by atoms with E-state index in [1.807, 2.05) is 104 Å². The molecule has 0 radical (unpaired) electrons. The minimum Gasteiger partial charge on any atom is -0.445 e. The van der Waals surface area contributed by atoms with Gasteiger partial charge in [0.1, 0.15) is 24.2 Å². The van der Waals surface area contributed by atoms with E-state index >= 15 is 0 Å². The van der Waals surface area contributed by atoms with Gasteiger partial charge in [-0.05, 0) is 68.0 Å². The Morgan fingerprint density at radius 3 is 2.25 bits per heavy atom. The number of likely N-dealkylation sites (tertiary alicyclic amines) is 1. The number of nitrogens with two attached hydrogens (primary N) is 1. The number of hydrogen-bond acceptors (Lipinski definition) is 9. The summed E-state index contributed by atoms with van der Waals surface area (Å²) in [6, 6.07) is 31.4.